The lowest BCUT2D eigenvalue weighted by Crippen LogP contribution is -2.30. The third kappa shape index (κ3) is 2.71. The van der Waals surface area contributed by atoms with Crippen molar-refractivity contribution in [3.05, 3.63) is 77.6 Å². The lowest BCUT2D eigenvalue weighted by atomic mass is 9.98. The number of imidazole rings is 1. The molecule has 0 bridgehead atoms. The number of ether oxygens (including phenoxy) is 1. The van der Waals surface area contributed by atoms with Gasteiger partial charge in [0.05, 0.1) is 18.1 Å². The van der Waals surface area contributed by atoms with Crippen LogP contribution in [0.1, 0.15) is 23.0 Å². The SMILES string of the molecule is Fc1ccc(C2NCCc3[nH]cnc32)cc1Oc1ccccc1. The minimum Gasteiger partial charge on any atom is -0.454 e. The van der Waals surface area contributed by atoms with Crippen molar-refractivity contribution in [2.24, 2.45) is 0 Å². The number of para-hydroxylation sites is 1. The molecule has 1 aliphatic rings. The molecule has 1 aliphatic heterocycles. The topological polar surface area (TPSA) is 49.9 Å². The van der Waals surface area contributed by atoms with Gasteiger partial charge in [-0.15, -0.1) is 0 Å². The Bertz CT molecular complexity index is 816. The lowest BCUT2D eigenvalue weighted by Gasteiger charge is -2.23. The maximum Gasteiger partial charge on any atom is 0.165 e. The number of hydrogen-bond donors (Lipinski definition) is 2. The van der Waals surface area contributed by atoms with Crippen molar-refractivity contribution in [1.29, 1.82) is 0 Å². The second kappa shape index (κ2) is 5.85. The summed E-state index contributed by atoms with van der Waals surface area (Å²) in [5, 5.41) is 3.43. The Balaban J connectivity index is 1.68. The zero-order valence-electron chi connectivity index (χ0n) is 12.4. The first kappa shape index (κ1) is 14.0. The van der Waals surface area contributed by atoms with E-state index < -0.39 is 0 Å². The molecule has 0 saturated heterocycles. The molecule has 23 heavy (non-hydrogen) atoms. The van der Waals surface area contributed by atoms with E-state index in [-0.39, 0.29) is 17.6 Å². The van der Waals surface area contributed by atoms with Crippen LogP contribution in [0.5, 0.6) is 11.5 Å². The zero-order chi connectivity index (χ0) is 15.6. The van der Waals surface area contributed by atoms with E-state index in [1.54, 1.807) is 30.6 Å². The molecule has 0 spiro atoms. The normalized spacial score (nSPS) is 16.8. The molecule has 0 fully saturated rings. The smallest absolute Gasteiger partial charge is 0.165 e. The molecule has 5 heteroatoms. The molecule has 3 aromatic rings. The van der Waals surface area contributed by atoms with Crippen LogP contribution < -0.4 is 10.1 Å². The van der Waals surface area contributed by atoms with Gasteiger partial charge >= 0.3 is 0 Å². The Morgan fingerprint density at radius 1 is 1.13 bits per heavy atom. The van der Waals surface area contributed by atoms with Crippen LogP contribution in [0.4, 0.5) is 4.39 Å². The summed E-state index contributed by atoms with van der Waals surface area (Å²) in [7, 11) is 0. The molecule has 4 rings (SSSR count). The monoisotopic (exact) mass is 309 g/mol. The Morgan fingerprint density at radius 2 is 2.00 bits per heavy atom. The third-order valence-electron chi connectivity index (χ3n) is 4.01. The Hall–Kier alpha value is -2.66. The number of H-pyrrole nitrogens is 1. The van der Waals surface area contributed by atoms with Crippen LogP contribution in [0.2, 0.25) is 0 Å². The molecule has 1 aromatic heterocycles. The van der Waals surface area contributed by atoms with Gasteiger partial charge < -0.3 is 15.0 Å². The zero-order valence-corrected chi connectivity index (χ0v) is 12.4. The minimum atomic E-state index is -0.379. The maximum atomic E-state index is 14.1. The van der Waals surface area contributed by atoms with E-state index in [0.29, 0.717) is 5.75 Å². The first-order valence-electron chi connectivity index (χ1n) is 7.59. The van der Waals surface area contributed by atoms with Crippen LogP contribution in [0.15, 0.2) is 54.9 Å². The predicted octanol–water partition coefficient (Wildman–Crippen LogP) is 3.58. The van der Waals surface area contributed by atoms with Crippen molar-refractivity contribution >= 4 is 0 Å². The van der Waals surface area contributed by atoms with E-state index in [9.17, 15) is 4.39 Å². The largest absolute Gasteiger partial charge is 0.454 e. The van der Waals surface area contributed by atoms with Crippen molar-refractivity contribution in [1.82, 2.24) is 15.3 Å². The molecule has 2 N–H and O–H groups in total. The fraction of sp³-hybridized carbons (Fsp3) is 0.167. The van der Waals surface area contributed by atoms with Gasteiger partial charge in [0, 0.05) is 18.7 Å². The van der Waals surface area contributed by atoms with Crippen LogP contribution in [0.3, 0.4) is 0 Å². The number of nitrogens with zero attached hydrogens (tertiary/aromatic N) is 1. The summed E-state index contributed by atoms with van der Waals surface area (Å²) in [5.41, 5.74) is 3.03. The number of hydrogen-bond acceptors (Lipinski definition) is 3. The van der Waals surface area contributed by atoms with Gasteiger partial charge in [-0.25, -0.2) is 9.37 Å². The van der Waals surface area contributed by atoms with Gasteiger partial charge in [0.25, 0.3) is 0 Å². The van der Waals surface area contributed by atoms with Crippen molar-refractivity contribution in [3.8, 4) is 11.5 Å². The van der Waals surface area contributed by atoms with E-state index in [1.807, 2.05) is 18.2 Å². The highest BCUT2D eigenvalue weighted by Crippen LogP contribution is 2.31. The van der Waals surface area contributed by atoms with Crippen LogP contribution in [-0.2, 0) is 6.42 Å². The summed E-state index contributed by atoms with van der Waals surface area (Å²) in [6, 6.07) is 14.1. The summed E-state index contributed by atoms with van der Waals surface area (Å²) in [4.78, 5) is 7.56. The molecule has 1 unspecified atom stereocenters. The second-order valence-electron chi connectivity index (χ2n) is 5.51. The maximum absolute atomic E-state index is 14.1. The van der Waals surface area contributed by atoms with E-state index >= 15 is 0 Å². The quantitative estimate of drug-likeness (QED) is 0.777. The lowest BCUT2D eigenvalue weighted by molar-refractivity contribution is 0.439. The average Bonchev–Trinajstić information content (AvgIpc) is 3.06. The number of nitrogens with one attached hydrogen (secondary N) is 2. The Kier molecular flexibility index (Phi) is 3.55. The molecule has 4 nitrogen and oxygen atoms in total. The van der Waals surface area contributed by atoms with Gasteiger partial charge in [-0.1, -0.05) is 24.3 Å². The van der Waals surface area contributed by atoms with Gasteiger partial charge in [-0.3, -0.25) is 0 Å². The fourth-order valence-electron chi connectivity index (χ4n) is 2.89. The molecular formula is C18H16FN3O. The van der Waals surface area contributed by atoms with Crippen LogP contribution in [0, 0.1) is 5.82 Å². The second-order valence-corrected chi connectivity index (χ2v) is 5.51. The van der Waals surface area contributed by atoms with Crippen molar-refractivity contribution in [2.75, 3.05) is 6.54 Å². The number of benzene rings is 2. The molecule has 2 aromatic carbocycles. The Morgan fingerprint density at radius 3 is 2.87 bits per heavy atom. The van der Waals surface area contributed by atoms with E-state index in [2.05, 4.69) is 15.3 Å². The number of halogens is 1. The standard InChI is InChI=1S/C18H16FN3O/c19-14-7-6-12(10-16(14)23-13-4-2-1-3-5-13)17-18-15(8-9-20-17)21-11-22-18/h1-7,10-11,17,20H,8-9H2,(H,21,22). The highest BCUT2D eigenvalue weighted by atomic mass is 19.1. The molecule has 2 heterocycles. The molecule has 0 amide bonds. The number of aromatic nitrogens is 2. The van der Waals surface area contributed by atoms with Gasteiger partial charge in [-0.2, -0.15) is 0 Å². The first-order valence-corrected chi connectivity index (χ1v) is 7.59. The summed E-state index contributed by atoms with van der Waals surface area (Å²) < 4.78 is 19.8. The van der Waals surface area contributed by atoms with E-state index in [1.165, 1.54) is 6.07 Å². The molecular weight excluding hydrogens is 293 g/mol. The van der Waals surface area contributed by atoms with Gasteiger partial charge in [0.2, 0.25) is 0 Å². The van der Waals surface area contributed by atoms with Crippen molar-refractivity contribution in [3.63, 3.8) is 0 Å². The molecule has 116 valence electrons. The van der Waals surface area contributed by atoms with Crippen LogP contribution in [0.25, 0.3) is 0 Å². The fourth-order valence-corrected chi connectivity index (χ4v) is 2.89. The molecule has 0 saturated carbocycles. The average molecular weight is 309 g/mol. The molecule has 1 atom stereocenters. The number of rotatable bonds is 3. The molecule has 0 aliphatic carbocycles. The van der Waals surface area contributed by atoms with Gasteiger partial charge in [0.1, 0.15) is 5.75 Å². The minimum absolute atomic E-state index is 0.0521. The van der Waals surface area contributed by atoms with Crippen molar-refractivity contribution in [2.45, 2.75) is 12.5 Å². The summed E-state index contributed by atoms with van der Waals surface area (Å²) in [5.74, 6) is 0.453. The van der Waals surface area contributed by atoms with E-state index in [0.717, 1.165) is 29.9 Å². The number of aromatic amines is 1. The highest BCUT2D eigenvalue weighted by molar-refractivity contribution is 5.40. The summed E-state index contributed by atoms with van der Waals surface area (Å²) in [6.45, 7) is 0.853. The number of fused-ring (bicyclic) bond motifs is 1. The van der Waals surface area contributed by atoms with Gasteiger partial charge in [0.15, 0.2) is 11.6 Å². The Labute approximate surface area is 133 Å². The molecule has 0 radical (unpaired) electrons. The summed E-state index contributed by atoms with van der Waals surface area (Å²) in [6.07, 6.45) is 2.62. The van der Waals surface area contributed by atoms with Gasteiger partial charge in [-0.05, 0) is 29.8 Å². The summed E-state index contributed by atoms with van der Waals surface area (Å²) >= 11 is 0. The first-order chi connectivity index (χ1) is 11.3. The van der Waals surface area contributed by atoms with Crippen LogP contribution in [-0.4, -0.2) is 16.5 Å². The predicted molar refractivity (Wildman–Crippen MR) is 85.1 cm³/mol. The van der Waals surface area contributed by atoms with Crippen molar-refractivity contribution < 1.29 is 9.13 Å². The van der Waals surface area contributed by atoms with E-state index in [4.69, 9.17) is 4.74 Å². The third-order valence-corrected chi connectivity index (χ3v) is 4.01. The van der Waals surface area contributed by atoms with Crippen LogP contribution >= 0.6 is 0 Å². The highest BCUT2D eigenvalue weighted by Gasteiger charge is 2.24.